The maximum Gasteiger partial charge on any atom is 0.344 e. The van der Waals surface area contributed by atoms with Crippen molar-refractivity contribution in [3.05, 3.63) is 89.5 Å². The van der Waals surface area contributed by atoms with Crippen molar-refractivity contribution in [3.8, 4) is 11.1 Å². The van der Waals surface area contributed by atoms with Crippen LogP contribution in [0, 0.1) is 0 Å². The minimum absolute atomic E-state index is 0.296. The highest BCUT2D eigenvalue weighted by molar-refractivity contribution is 5.81. The summed E-state index contributed by atoms with van der Waals surface area (Å²) in [7, 11) is 0. The Bertz CT molecular complexity index is 911. The Balaban J connectivity index is 0.000000220. The first-order chi connectivity index (χ1) is 11.3. The smallest absolute Gasteiger partial charge is 0.344 e. The van der Waals surface area contributed by atoms with E-state index in [9.17, 15) is 4.79 Å². The lowest BCUT2D eigenvalue weighted by Gasteiger charge is -2.01. The molecule has 0 atom stereocenters. The van der Waals surface area contributed by atoms with Gasteiger partial charge in [-0.1, -0.05) is 48.5 Å². The summed E-state index contributed by atoms with van der Waals surface area (Å²) in [5.74, 6) is 0. The molecule has 4 rings (SSSR count). The predicted octanol–water partition coefficient (Wildman–Crippen LogP) is 3.33. The first-order valence-corrected chi connectivity index (χ1v) is 7.01. The SMILES string of the molecule is O=c1oc2ccccc2cc1-c1ccccc1.c1cnnnc1. The Morgan fingerprint density at radius 3 is 2.13 bits per heavy atom. The molecule has 0 unspecified atom stereocenters. The van der Waals surface area contributed by atoms with Crippen LogP contribution in [0.15, 0.2) is 88.3 Å². The van der Waals surface area contributed by atoms with Crippen LogP contribution in [0.3, 0.4) is 0 Å². The Morgan fingerprint density at radius 2 is 1.48 bits per heavy atom. The minimum Gasteiger partial charge on any atom is -0.422 e. The molecule has 0 bridgehead atoms. The average molecular weight is 303 g/mol. The fourth-order valence-electron chi connectivity index (χ4n) is 2.09. The van der Waals surface area contributed by atoms with Crippen LogP contribution in [-0.4, -0.2) is 15.4 Å². The van der Waals surface area contributed by atoms with Gasteiger partial charge in [-0.15, -0.1) is 10.2 Å². The zero-order valence-electron chi connectivity index (χ0n) is 12.2. The van der Waals surface area contributed by atoms with E-state index in [2.05, 4.69) is 15.4 Å². The van der Waals surface area contributed by atoms with Crippen LogP contribution in [-0.2, 0) is 0 Å². The molecular formula is C18H13N3O2. The normalized spacial score (nSPS) is 9.91. The quantitative estimate of drug-likeness (QED) is 0.504. The summed E-state index contributed by atoms with van der Waals surface area (Å²) in [5.41, 5.74) is 1.81. The number of benzene rings is 2. The van der Waals surface area contributed by atoms with Gasteiger partial charge >= 0.3 is 5.63 Å². The average Bonchev–Trinajstić information content (AvgIpc) is 2.64. The molecule has 23 heavy (non-hydrogen) atoms. The van der Waals surface area contributed by atoms with Crippen molar-refractivity contribution in [2.45, 2.75) is 0 Å². The highest BCUT2D eigenvalue weighted by Gasteiger charge is 2.06. The van der Waals surface area contributed by atoms with E-state index < -0.39 is 0 Å². The largest absolute Gasteiger partial charge is 0.422 e. The summed E-state index contributed by atoms with van der Waals surface area (Å²) in [6.45, 7) is 0. The molecule has 5 nitrogen and oxygen atoms in total. The summed E-state index contributed by atoms with van der Waals surface area (Å²) in [6.07, 6.45) is 3.15. The molecule has 0 saturated carbocycles. The maximum atomic E-state index is 11.9. The van der Waals surface area contributed by atoms with Crippen LogP contribution >= 0.6 is 0 Å². The fourth-order valence-corrected chi connectivity index (χ4v) is 2.09. The van der Waals surface area contributed by atoms with Gasteiger partial charge in [-0.3, -0.25) is 0 Å². The lowest BCUT2D eigenvalue weighted by molar-refractivity contribution is 0.563. The molecule has 2 heterocycles. The molecular weight excluding hydrogens is 290 g/mol. The Kier molecular flexibility index (Phi) is 4.49. The van der Waals surface area contributed by atoms with E-state index in [-0.39, 0.29) is 5.63 Å². The zero-order valence-corrected chi connectivity index (χ0v) is 12.2. The number of hydrogen-bond acceptors (Lipinski definition) is 5. The topological polar surface area (TPSA) is 68.9 Å². The van der Waals surface area contributed by atoms with Crippen molar-refractivity contribution in [1.82, 2.24) is 15.4 Å². The van der Waals surface area contributed by atoms with Crippen LogP contribution in [0.1, 0.15) is 0 Å². The van der Waals surface area contributed by atoms with Crippen molar-refractivity contribution in [3.63, 3.8) is 0 Å². The van der Waals surface area contributed by atoms with Crippen molar-refractivity contribution < 1.29 is 4.42 Å². The van der Waals surface area contributed by atoms with Gasteiger partial charge < -0.3 is 4.42 Å². The number of fused-ring (bicyclic) bond motifs is 1. The van der Waals surface area contributed by atoms with Gasteiger partial charge in [0.2, 0.25) is 0 Å². The van der Waals surface area contributed by atoms with Gasteiger partial charge in [-0.2, -0.15) is 0 Å². The Morgan fingerprint density at radius 1 is 0.783 bits per heavy atom. The number of para-hydroxylation sites is 1. The summed E-state index contributed by atoms with van der Waals surface area (Å²) >= 11 is 0. The summed E-state index contributed by atoms with van der Waals surface area (Å²) in [5, 5.41) is 11.1. The van der Waals surface area contributed by atoms with Gasteiger partial charge in [0.25, 0.3) is 0 Å². The van der Waals surface area contributed by atoms with E-state index in [1.165, 1.54) is 0 Å². The van der Waals surface area contributed by atoms with Crippen LogP contribution in [0.5, 0.6) is 0 Å². The van der Waals surface area contributed by atoms with Crippen molar-refractivity contribution >= 4 is 11.0 Å². The van der Waals surface area contributed by atoms with E-state index in [1.807, 2.05) is 54.6 Å². The van der Waals surface area contributed by atoms with Crippen molar-refractivity contribution in [2.24, 2.45) is 0 Å². The molecule has 0 aliphatic carbocycles. The van der Waals surface area contributed by atoms with Crippen LogP contribution in [0.4, 0.5) is 0 Å². The molecule has 0 fully saturated rings. The van der Waals surface area contributed by atoms with E-state index in [4.69, 9.17) is 4.42 Å². The first-order valence-electron chi connectivity index (χ1n) is 7.01. The molecule has 0 spiro atoms. The second-order valence-corrected chi connectivity index (χ2v) is 4.66. The standard InChI is InChI=1S/C15H10O2.C3H3N3/c16-15-13(11-6-2-1-3-7-11)10-12-8-4-5-9-14(12)17-15;1-2-4-6-5-3-1/h1-10H;1-3H. The third kappa shape index (κ3) is 3.65. The molecule has 0 N–H and O–H groups in total. The van der Waals surface area contributed by atoms with Crippen molar-refractivity contribution in [1.29, 1.82) is 0 Å². The fraction of sp³-hybridized carbons (Fsp3) is 0. The third-order valence-electron chi connectivity index (χ3n) is 3.13. The molecule has 0 aliphatic heterocycles. The van der Waals surface area contributed by atoms with Gasteiger partial charge in [0.05, 0.1) is 18.0 Å². The van der Waals surface area contributed by atoms with Crippen LogP contribution in [0.25, 0.3) is 22.1 Å². The van der Waals surface area contributed by atoms with Crippen LogP contribution < -0.4 is 5.63 Å². The molecule has 112 valence electrons. The molecule has 2 aromatic carbocycles. The number of aromatic nitrogens is 3. The lowest BCUT2D eigenvalue weighted by Crippen LogP contribution is -2.02. The summed E-state index contributed by atoms with van der Waals surface area (Å²) in [6, 6.07) is 20.6. The molecule has 0 saturated heterocycles. The maximum absolute atomic E-state index is 11.9. The second kappa shape index (κ2) is 7.09. The van der Waals surface area contributed by atoms with Gasteiger partial charge in [-0.25, -0.2) is 4.79 Å². The Hall–Kier alpha value is -3.34. The second-order valence-electron chi connectivity index (χ2n) is 4.66. The van der Waals surface area contributed by atoms with E-state index in [0.29, 0.717) is 11.1 Å². The molecule has 0 radical (unpaired) electrons. The van der Waals surface area contributed by atoms with Gasteiger partial charge in [0, 0.05) is 5.39 Å². The highest BCUT2D eigenvalue weighted by atomic mass is 16.4. The Labute approximate surface area is 132 Å². The third-order valence-corrected chi connectivity index (χ3v) is 3.13. The first kappa shape index (κ1) is 14.6. The van der Waals surface area contributed by atoms with Crippen molar-refractivity contribution in [2.75, 3.05) is 0 Å². The van der Waals surface area contributed by atoms with E-state index in [1.54, 1.807) is 24.5 Å². The molecule has 0 aliphatic rings. The lowest BCUT2D eigenvalue weighted by atomic mass is 10.1. The molecule has 5 heteroatoms. The van der Waals surface area contributed by atoms with Gasteiger partial charge in [-0.05, 0) is 29.0 Å². The number of hydrogen-bond donors (Lipinski definition) is 0. The minimum atomic E-state index is -0.296. The number of rotatable bonds is 1. The molecule has 0 amide bonds. The zero-order chi connectivity index (χ0) is 15.9. The van der Waals surface area contributed by atoms with Crippen LogP contribution in [0.2, 0.25) is 0 Å². The summed E-state index contributed by atoms with van der Waals surface area (Å²) in [4.78, 5) is 11.9. The summed E-state index contributed by atoms with van der Waals surface area (Å²) < 4.78 is 5.29. The monoisotopic (exact) mass is 303 g/mol. The molecule has 4 aromatic rings. The highest BCUT2D eigenvalue weighted by Crippen LogP contribution is 2.20. The number of nitrogens with zero attached hydrogens (tertiary/aromatic N) is 3. The molecule has 2 aromatic heterocycles. The van der Waals surface area contributed by atoms with Gasteiger partial charge in [0.15, 0.2) is 0 Å². The van der Waals surface area contributed by atoms with Gasteiger partial charge in [0.1, 0.15) is 5.58 Å². The predicted molar refractivity (Wildman–Crippen MR) is 87.7 cm³/mol. The van der Waals surface area contributed by atoms with E-state index >= 15 is 0 Å². The van der Waals surface area contributed by atoms with E-state index in [0.717, 1.165) is 10.9 Å².